The summed E-state index contributed by atoms with van der Waals surface area (Å²) in [6.07, 6.45) is 0. The summed E-state index contributed by atoms with van der Waals surface area (Å²) in [7, 11) is 1.67. The van der Waals surface area contributed by atoms with Crippen molar-refractivity contribution in [3.8, 4) is 5.75 Å². The van der Waals surface area contributed by atoms with Crippen molar-refractivity contribution in [1.29, 1.82) is 0 Å². The van der Waals surface area contributed by atoms with Crippen LogP contribution < -0.4 is 10.1 Å². The van der Waals surface area contributed by atoms with Crippen LogP contribution in [0.15, 0.2) is 42.5 Å². The van der Waals surface area contributed by atoms with E-state index in [9.17, 15) is 0 Å². The Morgan fingerprint density at radius 3 is 2.71 bits per heavy atom. The Morgan fingerprint density at radius 1 is 1.19 bits per heavy atom. The van der Waals surface area contributed by atoms with Gasteiger partial charge in [0.15, 0.2) is 0 Å². The van der Waals surface area contributed by atoms with Gasteiger partial charge in [-0.15, -0.1) is 0 Å². The molecule has 1 heterocycles. The van der Waals surface area contributed by atoms with E-state index in [1.165, 1.54) is 0 Å². The highest BCUT2D eigenvalue weighted by Crippen LogP contribution is 2.28. The van der Waals surface area contributed by atoms with Crippen LogP contribution in [-0.2, 0) is 6.54 Å². The van der Waals surface area contributed by atoms with Crippen LogP contribution in [0.25, 0.3) is 10.9 Å². The van der Waals surface area contributed by atoms with Crippen LogP contribution in [-0.4, -0.2) is 12.1 Å². The molecule has 1 aromatic heterocycles. The number of halogens is 1. The first-order valence-electron chi connectivity index (χ1n) is 6.82. The van der Waals surface area contributed by atoms with Gasteiger partial charge in [0.2, 0.25) is 0 Å². The molecule has 0 saturated carbocycles. The van der Waals surface area contributed by atoms with Gasteiger partial charge >= 0.3 is 0 Å². The van der Waals surface area contributed by atoms with Gasteiger partial charge in [0.25, 0.3) is 0 Å². The van der Waals surface area contributed by atoms with E-state index in [1.807, 2.05) is 42.5 Å². The molecule has 2 aromatic carbocycles. The van der Waals surface area contributed by atoms with E-state index in [2.05, 4.69) is 17.2 Å². The van der Waals surface area contributed by atoms with Crippen molar-refractivity contribution in [2.75, 3.05) is 12.4 Å². The van der Waals surface area contributed by atoms with E-state index in [1.54, 1.807) is 7.11 Å². The molecule has 2 N–H and O–H groups in total. The Kier molecular flexibility index (Phi) is 3.76. The molecule has 21 heavy (non-hydrogen) atoms. The number of aryl methyl sites for hydroxylation is 1. The highest BCUT2D eigenvalue weighted by Gasteiger charge is 2.09. The number of hydrogen-bond acceptors (Lipinski definition) is 2. The first kappa shape index (κ1) is 13.8. The molecule has 0 fully saturated rings. The van der Waals surface area contributed by atoms with E-state index in [-0.39, 0.29) is 0 Å². The standard InChI is InChI=1S/C17H17ClN2O/c1-11-9-12(21-2)7-8-14(11)19-10-16-17(18)13-5-3-4-6-15(13)20-16/h3-9,19-20H,10H2,1-2H3. The minimum absolute atomic E-state index is 0.653. The SMILES string of the molecule is COc1ccc(NCc2[nH]c3ccccc3c2Cl)c(C)c1. The van der Waals surface area contributed by atoms with Crippen molar-refractivity contribution in [1.82, 2.24) is 4.98 Å². The zero-order valence-electron chi connectivity index (χ0n) is 12.0. The van der Waals surface area contributed by atoms with Gasteiger partial charge < -0.3 is 15.0 Å². The summed E-state index contributed by atoms with van der Waals surface area (Å²) in [5.41, 5.74) is 4.27. The van der Waals surface area contributed by atoms with Crippen molar-refractivity contribution in [3.63, 3.8) is 0 Å². The van der Waals surface area contributed by atoms with E-state index < -0.39 is 0 Å². The third-order valence-electron chi connectivity index (χ3n) is 3.60. The summed E-state index contributed by atoms with van der Waals surface area (Å²) in [5.74, 6) is 0.863. The molecule has 3 aromatic rings. The summed E-state index contributed by atoms with van der Waals surface area (Å²) in [6, 6.07) is 14.0. The third kappa shape index (κ3) is 2.69. The van der Waals surface area contributed by atoms with Crippen LogP contribution in [0.2, 0.25) is 5.02 Å². The number of fused-ring (bicyclic) bond motifs is 1. The number of H-pyrrole nitrogens is 1. The topological polar surface area (TPSA) is 37.0 Å². The lowest BCUT2D eigenvalue weighted by Gasteiger charge is -2.10. The summed E-state index contributed by atoms with van der Waals surface area (Å²) in [5, 5.41) is 5.25. The average molecular weight is 301 g/mol. The summed E-state index contributed by atoms with van der Waals surface area (Å²) in [6.45, 7) is 2.71. The number of aromatic nitrogens is 1. The average Bonchev–Trinajstić information content (AvgIpc) is 2.83. The molecule has 108 valence electrons. The Morgan fingerprint density at radius 2 is 2.00 bits per heavy atom. The van der Waals surface area contributed by atoms with Crippen molar-refractivity contribution >= 4 is 28.2 Å². The fourth-order valence-corrected chi connectivity index (χ4v) is 2.71. The number of anilines is 1. The number of methoxy groups -OCH3 is 1. The number of hydrogen-bond donors (Lipinski definition) is 2. The highest BCUT2D eigenvalue weighted by molar-refractivity contribution is 6.36. The molecule has 0 aliphatic heterocycles. The number of para-hydroxylation sites is 1. The predicted molar refractivity (Wildman–Crippen MR) is 88.4 cm³/mol. The second-order valence-corrected chi connectivity index (χ2v) is 5.38. The maximum atomic E-state index is 6.42. The number of aromatic amines is 1. The molecule has 0 spiro atoms. The summed E-state index contributed by atoms with van der Waals surface area (Å²) in [4.78, 5) is 3.36. The van der Waals surface area contributed by atoms with E-state index in [0.717, 1.165) is 38.6 Å². The van der Waals surface area contributed by atoms with Gasteiger partial charge in [-0.3, -0.25) is 0 Å². The van der Waals surface area contributed by atoms with Gasteiger partial charge in [-0.05, 0) is 36.8 Å². The summed E-state index contributed by atoms with van der Waals surface area (Å²) < 4.78 is 5.22. The minimum atomic E-state index is 0.653. The quantitative estimate of drug-likeness (QED) is 0.729. The predicted octanol–water partition coefficient (Wildman–Crippen LogP) is 4.75. The highest BCUT2D eigenvalue weighted by atomic mass is 35.5. The molecule has 0 amide bonds. The van der Waals surface area contributed by atoms with Gasteiger partial charge in [-0.1, -0.05) is 29.8 Å². The van der Waals surface area contributed by atoms with Crippen LogP contribution in [0.5, 0.6) is 5.75 Å². The molecule has 0 radical (unpaired) electrons. The molecule has 0 unspecified atom stereocenters. The van der Waals surface area contributed by atoms with Crippen molar-refractivity contribution < 1.29 is 4.74 Å². The monoisotopic (exact) mass is 300 g/mol. The Hall–Kier alpha value is -2.13. The smallest absolute Gasteiger partial charge is 0.119 e. The zero-order valence-corrected chi connectivity index (χ0v) is 12.8. The van der Waals surface area contributed by atoms with Crippen LogP contribution in [0, 0.1) is 6.92 Å². The van der Waals surface area contributed by atoms with E-state index in [0.29, 0.717) is 6.54 Å². The summed E-state index contributed by atoms with van der Waals surface area (Å²) >= 11 is 6.42. The lowest BCUT2D eigenvalue weighted by molar-refractivity contribution is 0.414. The van der Waals surface area contributed by atoms with Crippen LogP contribution in [0.3, 0.4) is 0 Å². The Labute approximate surface area is 128 Å². The Balaban J connectivity index is 1.82. The number of nitrogens with one attached hydrogen (secondary N) is 2. The molecule has 0 aliphatic rings. The largest absolute Gasteiger partial charge is 0.497 e. The minimum Gasteiger partial charge on any atom is -0.497 e. The lowest BCUT2D eigenvalue weighted by atomic mass is 10.2. The second-order valence-electron chi connectivity index (χ2n) is 5.00. The van der Waals surface area contributed by atoms with Crippen LogP contribution in [0.1, 0.15) is 11.3 Å². The zero-order chi connectivity index (χ0) is 14.8. The van der Waals surface area contributed by atoms with Crippen molar-refractivity contribution in [3.05, 3.63) is 58.7 Å². The maximum Gasteiger partial charge on any atom is 0.119 e. The molecular formula is C17H17ClN2O. The lowest BCUT2D eigenvalue weighted by Crippen LogP contribution is -2.02. The molecule has 3 rings (SSSR count). The van der Waals surface area contributed by atoms with E-state index >= 15 is 0 Å². The van der Waals surface area contributed by atoms with Crippen LogP contribution >= 0.6 is 11.6 Å². The molecular weight excluding hydrogens is 284 g/mol. The van der Waals surface area contributed by atoms with Gasteiger partial charge in [-0.25, -0.2) is 0 Å². The fraction of sp³-hybridized carbons (Fsp3) is 0.176. The molecule has 4 heteroatoms. The molecule has 0 atom stereocenters. The van der Waals surface area contributed by atoms with Gasteiger partial charge in [0.1, 0.15) is 5.75 Å². The van der Waals surface area contributed by atoms with Gasteiger partial charge in [0.05, 0.1) is 24.4 Å². The van der Waals surface area contributed by atoms with Crippen molar-refractivity contribution in [2.24, 2.45) is 0 Å². The van der Waals surface area contributed by atoms with Crippen molar-refractivity contribution in [2.45, 2.75) is 13.5 Å². The molecule has 0 saturated heterocycles. The Bertz CT molecular complexity index is 780. The first-order valence-corrected chi connectivity index (χ1v) is 7.20. The van der Waals surface area contributed by atoms with Gasteiger partial charge in [-0.2, -0.15) is 0 Å². The number of rotatable bonds is 4. The van der Waals surface area contributed by atoms with E-state index in [4.69, 9.17) is 16.3 Å². The molecule has 0 bridgehead atoms. The number of benzene rings is 2. The maximum absolute atomic E-state index is 6.42. The third-order valence-corrected chi connectivity index (χ3v) is 4.03. The molecule has 0 aliphatic carbocycles. The normalized spacial score (nSPS) is 10.8. The molecule has 3 nitrogen and oxygen atoms in total. The first-order chi connectivity index (χ1) is 10.2. The van der Waals surface area contributed by atoms with Gasteiger partial charge in [0, 0.05) is 16.6 Å². The second kappa shape index (κ2) is 5.70. The fourth-order valence-electron chi connectivity index (χ4n) is 2.43. The number of ether oxygens (including phenoxy) is 1. The van der Waals surface area contributed by atoms with Crippen LogP contribution in [0.4, 0.5) is 5.69 Å².